The Morgan fingerprint density at radius 1 is 1.12 bits per heavy atom. The molecule has 0 N–H and O–H groups in total. The van der Waals surface area contributed by atoms with Gasteiger partial charge in [0.15, 0.2) is 5.78 Å². The highest BCUT2D eigenvalue weighted by Gasteiger charge is 2.27. The second-order valence-corrected chi connectivity index (χ2v) is 7.59. The van der Waals surface area contributed by atoms with E-state index in [1.54, 1.807) is 11.8 Å². The van der Waals surface area contributed by atoms with Crippen molar-refractivity contribution in [2.75, 3.05) is 25.5 Å². The van der Waals surface area contributed by atoms with Crippen molar-refractivity contribution in [3.63, 3.8) is 0 Å². The average molecular weight is 377 g/mol. The first-order chi connectivity index (χ1) is 11.5. The van der Waals surface area contributed by atoms with Gasteiger partial charge in [-0.3, -0.25) is 4.79 Å². The lowest BCUT2D eigenvalue weighted by molar-refractivity contribution is 0.0988. The highest BCUT2D eigenvalue weighted by Crippen LogP contribution is 2.49. The highest BCUT2D eigenvalue weighted by atomic mass is 35.5. The number of para-hydroxylation sites is 1. The van der Waals surface area contributed by atoms with Gasteiger partial charge in [0.2, 0.25) is 0 Å². The minimum absolute atomic E-state index is 0. The molecule has 5 heteroatoms. The molecule has 1 aliphatic heterocycles. The fourth-order valence-electron chi connectivity index (χ4n) is 3.25. The number of anilines is 2. The number of carbonyl (C=O) groups is 1. The van der Waals surface area contributed by atoms with Gasteiger partial charge in [0, 0.05) is 34.4 Å². The molecule has 0 amide bonds. The zero-order chi connectivity index (χ0) is 17.3. The zero-order valence-electron chi connectivity index (χ0n) is 15.2. The molecule has 2 aromatic rings. The molecule has 0 spiro atoms. The molecule has 134 valence electrons. The summed E-state index contributed by atoms with van der Waals surface area (Å²) in [6, 6.07) is 14.9. The fraction of sp³-hybridized carbons (Fsp3) is 0.350. The van der Waals surface area contributed by atoms with Crippen molar-refractivity contribution in [3.05, 3.63) is 48.0 Å². The lowest BCUT2D eigenvalue weighted by Gasteiger charge is -2.38. The van der Waals surface area contributed by atoms with E-state index in [9.17, 15) is 4.79 Å². The molecule has 3 rings (SSSR count). The van der Waals surface area contributed by atoms with Crippen molar-refractivity contribution < 1.29 is 4.79 Å². The van der Waals surface area contributed by atoms with Gasteiger partial charge in [-0.05, 0) is 45.3 Å². The molecule has 0 bridgehead atoms. The molecule has 1 heterocycles. The molecule has 0 fully saturated rings. The Balaban J connectivity index is 0.00000225. The van der Waals surface area contributed by atoms with Crippen LogP contribution in [0.1, 0.15) is 30.6 Å². The van der Waals surface area contributed by atoms with Gasteiger partial charge in [-0.1, -0.05) is 36.9 Å². The Kier molecular flexibility index (Phi) is 6.55. The maximum absolute atomic E-state index is 12.2. The lowest BCUT2D eigenvalue weighted by atomic mass is 10.1. The first-order valence-electron chi connectivity index (χ1n) is 8.39. The summed E-state index contributed by atoms with van der Waals surface area (Å²) in [6.45, 7) is 5.10. The van der Waals surface area contributed by atoms with Crippen molar-refractivity contribution in [1.29, 1.82) is 0 Å². The van der Waals surface area contributed by atoms with Crippen LogP contribution < -0.4 is 4.90 Å². The first kappa shape index (κ1) is 19.8. The summed E-state index contributed by atoms with van der Waals surface area (Å²) in [6.07, 6.45) is 0.537. The van der Waals surface area contributed by atoms with Gasteiger partial charge < -0.3 is 9.80 Å². The van der Waals surface area contributed by atoms with E-state index < -0.39 is 0 Å². The highest BCUT2D eigenvalue weighted by molar-refractivity contribution is 7.99. The van der Waals surface area contributed by atoms with Crippen LogP contribution in [0.3, 0.4) is 0 Å². The summed E-state index contributed by atoms with van der Waals surface area (Å²) >= 11 is 1.78. The van der Waals surface area contributed by atoms with E-state index in [1.165, 1.54) is 15.5 Å². The maximum atomic E-state index is 12.2. The van der Waals surface area contributed by atoms with E-state index in [2.05, 4.69) is 67.2 Å². The van der Waals surface area contributed by atoms with Gasteiger partial charge in [0.1, 0.15) is 0 Å². The van der Waals surface area contributed by atoms with Crippen LogP contribution in [0.25, 0.3) is 0 Å². The van der Waals surface area contributed by atoms with E-state index in [0.717, 1.165) is 17.8 Å². The molecule has 1 unspecified atom stereocenters. The molecule has 25 heavy (non-hydrogen) atoms. The van der Waals surface area contributed by atoms with Crippen LogP contribution in [0.2, 0.25) is 0 Å². The molecule has 0 aliphatic carbocycles. The van der Waals surface area contributed by atoms with E-state index in [4.69, 9.17) is 0 Å². The normalized spacial score (nSPS) is 13.7. The molecular formula is C20H25ClN2OS. The van der Waals surface area contributed by atoms with Crippen LogP contribution in [0, 0.1) is 0 Å². The Morgan fingerprint density at radius 3 is 2.48 bits per heavy atom. The number of ketones is 1. The van der Waals surface area contributed by atoms with Crippen LogP contribution >= 0.6 is 24.2 Å². The van der Waals surface area contributed by atoms with Gasteiger partial charge >= 0.3 is 0 Å². The number of nitrogens with zero attached hydrogens (tertiary/aromatic N) is 2. The van der Waals surface area contributed by atoms with E-state index in [1.807, 2.05) is 13.0 Å². The number of likely N-dealkylation sites (N-methyl/N-ethyl adjacent to an activating group) is 1. The lowest BCUT2D eigenvalue weighted by Crippen LogP contribution is -2.38. The third-order valence-electron chi connectivity index (χ3n) is 4.28. The minimum atomic E-state index is 0. The molecule has 0 aromatic heterocycles. The average Bonchev–Trinajstić information content (AvgIpc) is 2.57. The van der Waals surface area contributed by atoms with Crippen LogP contribution in [0.4, 0.5) is 11.4 Å². The number of fused-ring (bicyclic) bond motifs is 2. The number of benzene rings is 2. The summed E-state index contributed by atoms with van der Waals surface area (Å²) in [5.41, 5.74) is 3.18. The monoisotopic (exact) mass is 376 g/mol. The molecule has 1 atom stereocenters. The zero-order valence-corrected chi connectivity index (χ0v) is 16.8. The van der Waals surface area contributed by atoms with Crippen molar-refractivity contribution in [3.8, 4) is 0 Å². The quantitative estimate of drug-likeness (QED) is 0.664. The number of Topliss-reactive ketones (excluding diaryl/α,β-unsaturated/α-hetero) is 1. The van der Waals surface area contributed by atoms with Crippen LogP contribution in [-0.2, 0) is 0 Å². The molecule has 0 saturated heterocycles. The minimum Gasteiger partial charge on any atom is -0.335 e. The smallest absolute Gasteiger partial charge is 0.162 e. The number of halogens is 1. The van der Waals surface area contributed by atoms with Crippen molar-refractivity contribution in [2.45, 2.75) is 36.1 Å². The number of carbonyl (C=O) groups excluding carboxylic acids is 1. The third kappa shape index (κ3) is 4.02. The fourth-order valence-corrected chi connectivity index (χ4v) is 4.30. The largest absolute Gasteiger partial charge is 0.335 e. The summed E-state index contributed by atoms with van der Waals surface area (Å²) in [4.78, 5) is 19.2. The molecule has 3 nitrogen and oxygen atoms in total. The summed E-state index contributed by atoms with van der Waals surface area (Å²) < 4.78 is 0. The molecule has 0 radical (unpaired) electrons. The predicted octanol–water partition coefficient (Wildman–Crippen LogP) is 5.25. The van der Waals surface area contributed by atoms with Crippen molar-refractivity contribution >= 4 is 41.3 Å². The molecular weight excluding hydrogens is 352 g/mol. The number of hydrogen-bond donors (Lipinski definition) is 0. The van der Waals surface area contributed by atoms with Crippen LogP contribution in [0.5, 0.6) is 0 Å². The maximum Gasteiger partial charge on any atom is 0.162 e. The van der Waals surface area contributed by atoms with Gasteiger partial charge in [0.05, 0.1) is 11.4 Å². The Morgan fingerprint density at radius 2 is 1.80 bits per heavy atom. The topological polar surface area (TPSA) is 23.6 Å². The predicted molar refractivity (Wildman–Crippen MR) is 109 cm³/mol. The summed E-state index contributed by atoms with van der Waals surface area (Å²) in [7, 11) is 4.19. The Bertz CT molecular complexity index is 763. The van der Waals surface area contributed by atoms with Gasteiger partial charge in [-0.25, -0.2) is 0 Å². The SMILES string of the molecule is CCC(=O)c1ccc2c(c1)N(C(C)CN(C)C)c1ccccc1S2.Cl. The van der Waals surface area contributed by atoms with Crippen LogP contribution in [0.15, 0.2) is 52.3 Å². The summed E-state index contributed by atoms with van der Waals surface area (Å²) in [5.74, 6) is 0.196. The van der Waals surface area contributed by atoms with Gasteiger partial charge in [-0.15, -0.1) is 12.4 Å². The van der Waals surface area contributed by atoms with Gasteiger partial charge in [-0.2, -0.15) is 0 Å². The number of rotatable bonds is 5. The summed E-state index contributed by atoms with van der Waals surface area (Å²) in [5, 5.41) is 0. The van der Waals surface area contributed by atoms with Crippen LogP contribution in [-0.4, -0.2) is 37.4 Å². The van der Waals surface area contributed by atoms with E-state index in [-0.39, 0.29) is 18.2 Å². The van der Waals surface area contributed by atoms with Crippen molar-refractivity contribution in [1.82, 2.24) is 4.90 Å². The first-order valence-corrected chi connectivity index (χ1v) is 9.21. The number of hydrogen-bond acceptors (Lipinski definition) is 4. The standard InChI is InChI=1S/C20H24N2OS.ClH/c1-5-18(23)15-10-11-20-17(12-15)22(14(2)13-21(3)4)16-8-6-7-9-19(16)24-20;/h6-12,14H,5,13H2,1-4H3;1H. The van der Waals surface area contributed by atoms with E-state index in [0.29, 0.717) is 12.5 Å². The third-order valence-corrected chi connectivity index (χ3v) is 5.41. The molecule has 1 aliphatic rings. The van der Waals surface area contributed by atoms with Crippen molar-refractivity contribution in [2.24, 2.45) is 0 Å². The Labute approximate surface area is 160 Å². The Hall–Kier alpha value is -1.49. The second kappa shape index (κ2) is 8.26. The molecule has 2 aromatic carbocycles. The van der Waals surface area contributed by atoms with E-state index >= 15 is 0 Å². The van der Waals surface area contributed by atoms with Gasteiger partial charge in [0.25, 0.3) is 0 Å². The second-order valence-electron chi connectivity index (χ2n) is 6.51. The molecule has 0 saturated carbocycles.